The summed E-state index contributed by atoms with van der Waals surface area (Å²) in [6, 6.07) is 8.30. The van der Waals surface area contributed by atoms with E-state index in [1.165, 1.54) is 19.4 Å². The Kier molecular flexibility index (Phi) is 7.55. The van der Waals surface area contributed by atoms with E-state index in [2.05, 4.69) is 64.1 Å². The normalized spacial score (nSPS) is 24.8. The molecule has 0 aliphatic carbocycles. The molecule has 0 radical (unpaired) electrons. The number of nitrogens with one attached hydrogen (secondary N) is 1. The molecular weight excluding hydrogens is 545 g/mol. The summed E-state index contributed by atoms with van der Waals surface area (Å²) >= 11 is 0. The van der Waals surface area contributed by atoms with Gasteiger partial charge in [0.05, 0.1) is 24.6 Å². The molecule has 2 N–H and O–H groups in total. The summed E-state index contributed by atoms with van der Waals surface area (Å²) in [7, 11) is -3.06. The van der Waals surface area contributed by atoms with Crippen molar-refractivity contribution in [1.82, 2.24) is 15.0 Å². The van der Waals surface area contributed by atoms with Crippen molar-refractivity contribution >= 4 is 43.9 Å². The Bertz CT molecular complexity index is 1620. The van der Waals surface area contributed by atoms with Gasteiger partial charge in [0.1, 0.15) is 27.3 Å². The Morgan fingerprint density at radius 2 is 2.02 bits per heavy atom. The number of nitrogens with zero attached hydrogens (tertiary/aromatic N) is 6. The van der Waals surface area contributed by atoms with Crippen LogP contribution < -0.4 is 15.1 Å². The van der Waals surface area contributed by atoms with Crippen molar-refractivity contribution in [2.24, 2.45) is 5.92 Å². The van der Waals surface area contributed by atoms with Gasteiger partial charge in [-0.05, 0) is 49.3 Å². The van der Waals surface area contributed by atoms with Gasteiger partial charge < -0.3 is 20.2 Å². The zero-order valence-electron chi connectivity index (χ0n) is 24.0. The molecule has 0 bridgehead atoms. The van der Waals surface area contributed by atoms with Gasteiger partial charge in [-0.25, -0.2) is 22.8 Å². The SMILES string of the molecule is CC(C)c1ccc(N2C[C@H](CS(C)(=O)=O)[C@H]2C)c2cnc(Nc3nc(N4CC[C@@H](O)[C@@](C)(F)C4)ncc3C#N)cc12. The zero-order chi connectivity index (χ0) is 29.7. The van der Waals surface area contributed by atoms with E-state index in [1.807, 2.05) is 6.07 Å². The molecule has 2 saturated heterocycles. The van der Waals surface area contributed by atoms with Crippen LogP contribution in [-0.4, -0.2) is 77.9 Å². The fourth-order valence-electron chi connectivity index (χ4n) is 5.79. The Hall–Kier alpha value is -3.56. The molecule has 1 aromatic carbocycles. The third kappa shape index (κ3) is 5.78. The lowest BCUT2D eigenvalue weighted by molar-refractivity contribution is -0.00860. The number of hydrogen-bond donors (Lipinski definition) is 2. The summed E-state index contributed by atoms with van der Waals surface area (Å²) < 4.78 is 38.5. The number of aromatic nitrogens is 3. The highest BCUT2D eigenvalue weighted by Crippen LogP contribution is 2.40. The van der Waals surface area contributed by atoms with Crippen LogP contribution in [0.15, 0.2) is 30.6 Å². The number of fused-ring (bicyclic) bond motifs is 1. The van der Waals surface area contributed by atoms with Gasteiger partial charge >= 0.3 is 0 Å². The molecule has 3 aromatic rings. The highest BCUT2D eigenvalue weighted by Gasteiger charge is 2.40. The highest BCUT2D eigenvalue weighted by molar-refractivity contribution is 7.90. The van der Waals surface area contributed by atoms with Crippen LogP contribution in [0, 0.1) is 17.2 Å². The lowest BCUT2D eigenvalue weighted by atomic mass is 9.88. The smallest absolute Gasteiger partial charge is 0.227 e. The van der Waals surface area contributed by atoms with Gasteiger partial charge in [0.15, 0.2) is 11.5 Å². The predicted molar refractivity (Wildman–Crippen MR) is 158 cm³/mol. The largest absolute Gasteiger partial charge is 0.390 e. The number of alkyl halides is 1. The number of piperidine rings is 1. The number of anilines is 4. The number of nitriles is 1. The highest BCUT2D eigenvalue weighted by atomic mass is 32.2. The fourth-order valence-corrected chi connectivity index (χ4v) is 6.95. The minimum Gasteiger partial charge on any atom is -0.390 e. The van der Waals surface area contributed by atoms with Crippen LogP contribution in [0.2, 0.25) is 0 Å². The van der Waals surface area contributed by atoms with Gasteiger partial charge in [-0.3, -0.25) is 0 Å². The van der Waals surface area contributed by atoms with E-state index in [4.69, 9.17) is 0 Å². The topological polar surface area (TPSA) is 135 Å². The molecule has 12 heteroatoms. The van der Waals surface area contributed by atoms with Gasteiger partial charge in [-0.15, -0.1) is 0 Å². The molecule has 0 unspecified atom stereocenters. The summed E-state index contributed by atoms with van der Waals surface area (Å²) in [4.78, 5) is 17.4. The van der Waals surface area contributed by atoms with E-state index in [0.29, 0.717) is 18.9 Å². The van der Waals surface area contributed by atoms with Gasteiger partial charge in [0.2, 0.25) is 5.95 Å². The summed E-state index contributed by atoms with van der Waals surface area (Å²) in [5.41, 5.74) is 0.560. The maximum Gasteiger partial charge on any atom is 0.227 e. The molecule has 4 atom stereocenters. The van der Waals surface area contributed by atoms with Crippen LogP contribution in [0.25, 0.3) is 10.8 Å². The van der Waals surface area contributed by atoms with Crippen LogP contribution in [0.1, 0.15) is 51.2 Å². The number of aliphatic hydroxyl groups is 1. The molecular formula is C29H36FN7O3S. The van der Waals surface area contributed by atoms with Crippen molar-refractivity contribution in [1.29, 1.82) is 5.26 Å². The lowest BCUT2D eigenvalue weighted by Crippen LogP contribution is -2.57. The Morgan fingerprint density at radius 3 is 2.66 bits per heavy atom. The van der Waals surface area contributed by atoms with E-state index in [-0.39, 0.29) is 53.9 Å². The summed E-state index contributed by atoms with van der Waals surface area (Å²) in [5, 5.41) is 24.8. The number of rotatable bonds is 7. The minimum atomic E-state index is -3.06. The first-order valence-electron chi connectivity index (χ1n) is 13.8. The molecule has 5 rings (SSSR count). The first-order valence-corrected chi connectivity index (χ1v) is 15.9. The minimum absolute atomic E-state index is 0.0613. The van der Waals surface area contributed by atoms with Crippen molar-refractivity contribution in [3.8, 4) is 6.07 Å². The third-order valence-corrected chi connectivity index (χ3v) is 9.29. The average molecular weight is 582 g/mol. The number of halogens is 1. The molecule has 2 aliphatic rings. The van der Waals surface area contributed by atoms with Crippen molar-refractivity contribution in [2.45, 2.75) is 57.8 Å². The third-order valence-electron chi connectivity index (χ3n) is 8.26. The van der Waals surface area contributed by atoms with Gasteiger partial charge in [-0.1, -0.05) is 19.9 Å². The fraction of sp³-hybridized carbons (Fsp3) is 0.517. The van der Waals surface area contributed by atoms with E-state index in [1.54, 1.807) is 11.1 Å². The molecule has 2 aromatic heterocycles. The Labute approximate surface area is 240 Å². The van der Waals surface area contributed by atoms with Gasteiger partial charge in [0.25, 0.3) is 0 Å². The van der Waals surface area contributed by atoms with Crippen molar-refractivity contribution in [3.05, 3.63) is 41.7 Å². The van der Waals surface area contributed by atoms with E-state index in [9.17, 15) is 23.2 Å². The maximum absolute atomic E-state index is 14.8. The monoisotopic (exact) mass is 581 g/mol. The predicted octanol–water partition coefficient (Wildman–Crippen LogP) is 3.93. The summed E-state index contributed by atoms with van der Waals surface area (Å²) in [6.07, 6.45) is 3.67. The number of aliphatic hydroxyl groups excluding tert-OH is 1. The summed E-state index contributed by atoms with van der Waals surface area (Å²) in [6.45, 7) is 8.64. The molecule has 218 valence electrons. The average Bonchev–Trinajstić information content (AvgIpc) is 2.91. The van der Waals surface area contributed by atoms with Crippen molar-refractivity contribution in [3.63, 3.8) is 0 Å². The van der Waals surface area contributed by atoms with E-state index < -0.39 is 21.6 Å². The number of hydrogen-bond acceptors (Lipinski definition) is 10. The second-order valence-electron chi connectivity index (χ2n) is 11.9. The molecule has 2 aliphatic heterocycles. The Balaban J connectivity index is 1.47. The van der Waals surface area contributed by atoms with Crippen molar-refractivity contribution < 1.29 is 17.9 Å². The van der Waals surface area contributed by atoms with Crippen molar-refractivity contribution in [2.75, 3.05) is 46.8 Å². The second kappa shape index (κ2) is 10.7. The summed E-state index contributed by atoms with van der Waals surface area (Å²) in [5.74, 6) is 1.51. The lowest BCUT2D eigenvalue weighted by Gasteiger charge is -2.48. The number of benzene rings is 1. The second-order valence-corrected chi connectivity index (χ2v) is 14.0. The van der Waals surface area contributed by atoms with Crippen LogP contribution in [0.5, 0.6) is 0 Å². The Morgan fingerprint density at radius 1 is 1.27 bits per heavy atom. The molecule has 2 fully saturated rings. The van der Waals surface area contributed by atoms with Crippen LogP contribution in [0.3, 0.4) is 0 Å². The zero-order valence-corrected chi connectivity index (χ0v) is 24.8. The first kappa shape index (κ1) is 29.0. The number of sulfone groups is 1. The van der Waals surface area contributed by atoms with Crippen LogP contribution in [-0.2, 0) is 9.84 Å². The maximum atomic E-state index is 14.8. The molecule has 41 heavy (non-hydrogen) atoms. The number of pyridine rings is 1. The van der Waals surface area contributed by atoms with Gasteiger partial charge in [0, 0.05) is 48.6 Å². The van der Waals surface area contributed by atoms with E-state index in [0.717, 1.165) is 22.0 Å². The standard InChI is InChI=1S/C29H36FN7O3S/c1-17(2)21-6-7-24(37-14-20(18(37)3)15-41(5,39)40)23-13-32-26(10-22(21)23)34-27-19(11-31)12-33-28(35-27)36-9-8-25(38)29(4,30)16-36/h6-7,10,12-13,17-18,20,25,38H,8-9,14-16H2,1-5H3,(H,32,33,34,35)/t18-,20-,25-,29+/m1/s1. The van der Waals surface area contributed by atoms with E-state index >= 15 is 0 Å². The van der Waals surface area contributed by atoms with Crippen LogP contribution in [0.4, 0.5) is 27.7 Å². The molecule has 0 saturated carbocycles. The van der Waals surface area contributed by atoms with Gasteiger partial charge in [-0.2, -0.15) is 10.2 Å². The molecule has 0 spiro atoms. The molecule has 0 amide bonds. The van der Waals surface area contributed by atoms with Crippen LogP contribution >= 0.6 is 0 Å². The molecule has 4 heterocycles. The quantitative estimate of drug-likeness (QED) is 0.422. The molecule has 10 nitrogen and oxygen atoms in total. The first-order chi connectivity index (χ1) is 19.3.